The predicted octanol–water partition coefficient (Wildman–Crippen LogP) is 3.82. The van der Waals surface area contributed by atoms with Crippen molar-refractivity contribution < 1.29 is 4.92 Å². The van der Waals surface area contributed by atoms with Crippen LogP contribution in [0.4, 0.5) is 5.69 Å². The molecule has 2 aromatic carbocycles. The molecule has 4 aromatic rings. The molecule has 0 fully saturated rings. The number of benzene rings is 2. The first kappa shape index (κ1) is 15.1. The van der Waals surface area contributed by atoms with Gasteiger partial charge in [0.05, 0.1) is 21.7 Å². The highest BCUT2D eigenvalue weighted by Gasteiger charge is 2.13. The van der Waals surface area contributed by atoms with Crippen molar-refractivity contribution in [1.29, 1.82) is 0 Å². The Morgan fingerprint density at radius 2 is 1.70 bits per heavy atom. The number of hydrogen-bond donors (Lipinski definition) is 0. The van der Waals surface area contributed by atoms with Crippen molar-refractivity contribution in [3.8, 4) is 11.3 Å². The molecule has 0 aliphatic carbocycles. The Bertz CT molecular complexity index is 1020. The minimum Gasteiger partial charge on any atom is -0.313 e. The Balaban J connectivity index is 0.00000156. The van der Waals surface area contributed by atoms with E-state index in [1.165, 1.54) is 12.1 Å². The van der Waals surface area contributed by atoms with Gasteiger partial charge in [0, 0.05) is 30.9 Å². The molecule has 0 atom stereocenters. The monoisotopic (exact) mass is 328 g/mol. The van der Waals surface area contributed by atoms with Gasteiger partial charge in [-0.25, -0.2) is 4.98 Å². The van der Waals surface area contributed by atoms with Gasteiger partial charge in [0.15, 0.2) is 0 Å². The molecule has 0 saturated heterocycles. The zero-order valence-corrected chi connectivity index (χ0v) is 13.0. The molecule has 7 heteroatoms. The number of hydrogen-bond acceptors (Lipinski definition) is 3. The largest absolute Gasteiger partial charge is 0.313 e. The third kappa shape index (κ3) is 2.24. The molecule has 0 saturated carbocycles. The second-order valence-corrected chi connectivity index (χ2v) is 5.15. The molecule has 0 unspecified atom stereocenters. The molecule has 0 aliphatic heterocycles. The molecule has 0 spiro atoms. The van der Waals surface area contributed by atoms with E-state index in [1.807, 2.05) is 40.4 Å². The SMILES string of the molecule is Cl.Cn1c2ccccc2n2cc(-c3ccc([N+](=O)[O-])cc3)nc12. The van der Waals surface area contributed by atoms with E-state index in [4.69, 9.17) is 0 Å². The lowest BCUT2D eigenvalue weighted by molar-refractivity contribution is -0.384. The van der Waals surface area contributed by atoms with Crippen molar-refractivity contribution in [3.05, 3.63) is 64.8 Å². The fraction of sp³-hybridized carbons (Fsp3) is 0.0625. The number of rotatable bonds is 2. The lowest BCUT2D eigenvalue weighted by Crippen LogP contribution is -1.89. The van der Waals surface area contributed by atoms with Gasteiger partial charge < -0.3 is 4.57 Å². The van der Waals surface area contributed by atoms with E-state index in [2.05, 4.69) is 11.1 Å². The summed E-state index contributed by atoms with van der Waals surface area (Å²) in [6, 6.07) is 14.5. The van der Waals surface area contributed by atoms with Crippen LogP contribution in [0.3, 0.4) is 0 Å². The summed E-state index contributed by atoms with van der Waals surface area (Å²) < 4.78 is 4.07. The van der Waals surface area contributed by atoms with Crippen molar-refractivity contribution in [3.63, 3.8) is 0 Å². The van der Waals surface area contributed by atoms with Gasteiger partial charge in [0.25, 0.3) is 5.69 Å². The van der Waals surface area contributed by atoms with Crippen molar-refractivity contribution in [2.24, 2.45) is 7.05 Å². The van der Waals surface area contributed by atoms with E-state index in [0.29, 0.717) is 0 Å². The smallest absolute Gasteiger partial charge is 0.269 e. The van der Waals surface area contributed by atoms with Gasteiger partial charge in [-0.05, 0) is 24.3 Å². The maximum Gasteiger partial charge on any atom is 0.269 e. The molecule has 2 heterocycles. The Morgan fingerprint density at radius 3 is 2.35 bits per heavy atom. The minimum atomic E-state index is -0.402. The van der Waals surface area contributed by atoms with Crippen LogP contribution in [0.15, 0.2) is 54.7 Å². The molecule has 0 N–H and O–H groups in total. The fourth-order valence-electron chi connectivity index (χ4n) is 2.74. The molecule has 4 rings (SSSR count). The van der Waals surface area contributed by atoms with Crippen molar-refractivity contribution in [2.75, 3.05) is 0 Å². The van der Waals surface area contributed by atoms with E-state index >= 15 is 0 Å². The summed E-state index contributed by atoms with van der Waals surface area (Å²) in [7, 11) is 1.98. The summed E-state index contributed by atoms with van der Waals surface area (Å²) in [5.41, 5.74) is 3.93. The van der Waals surface area contributed by atoms with Gasteiger partial charge in [0.1, 0.15) is 0 Å². The maximum absolute atomic E-state index is 10.7. The average molecular weight is 329 g/mol. The van der Waals surface area contributed by atoms with Crippen LogP contribution >= 0.6 is 12.4 Å². The number of non-ortho nitro benzene ring substituents is 1. The highest BCUT2D eigenvalue weighted by Crippen LogP contribution is 2.25. The fourth-order valence-corrected chi connectivity index (χ4v) is 2.74. The topological polar surface area (TPSA) is 65.4 Å². The van der Waals surface area contributed by atoms with E-state index in [0.717, 1.165) is 28.1 Å². The first-order valence-corrected chi connectivity index (χ1v) is 6.82. The zero-order chi connectivity index (χ0) is 15.3. The minimum absolute atomic E-state index is 0. The number of aryl methyl sites for hydroxylation is 1. The van der Waals surface area contributed by atoms with E-state index in [1.54, 1.807) is 12.1 Å². The van der Waals surface area contributed by atoms with Gasteiger partial charge in [-0.2, -0.15) is 0 Å². The summed E-state index contributed by atoms with van der Waals surface area (Å²) in [5, 5.41) is 10.7. The Hall–Kier alpha value is -2.86. The number of imidazole rings is 2. The molecule has 0 radical (unpaired) electrons. The number of aromatic nitrogens is 3. The molecule has 116 valence electrons. The highest BCUT2D eigenvalue weighted by atomic mass is 35.5. The third-order valence-corrected chi connectivity index (χ3v) is 3.86. The number of nitro benzene ring substituents is 1. The highest BCUT2D eigenvalue weighted by molar-refractivity contribution is 5.85. The normalized spacial score (nSPS) is 10.8. The predicted molar refractivity (Wildman–Crippen MR) is 91.0 cm³/mol. The summed E-state index contributed by atoms with van der Waals surface area (Å²) in [5.74, 6) is 0.842. The number of nitro groups is 1. The quantitative estimate of drug-likeness (QED) is 0.415. The van der Waals surface area contributed by atoms with E-state index < -0.39 is 4.92 Å². The number of nitrogens with zero attached hydrogens (tertiary/aromatic N) is 4. The van der Waals surface area contributed by atoms with Crippen LogP contribution in [-0.4, -0.2) is 18.9 Å². The van der Waals surface area contributed by atoms with Crippen LogP contribution in [0.5, 0.6) is 0 Å². The first-order valence-electron chi connectivity index (χ1n) is 6.82. The zero-order valence-electron chi connectivity index (χ0n) is 12.2. The van der Waals surface area contributed by atoms with Gasteiger partial charge in [-0.1, -0.05) is 12.1 Å². The van der Waals surface area contributed by atoms with Crippen LogP contribution < -0.4 is 0 Å². The average Bonchev–Trinajstić information content (AvgIpc) is 3.08. The van der Waals surface area contributed by atoms with Crippen LogP contribution in [0.1, 0.15) is 0 Å². The van der Waals surface area contributed by atoms with Crippen molar-refractivity contribution in [2.45, 2.75) is 0 Å². The summed E-state index contributed by atoms with van der Waals surface area (Å²) >= 11 is 0. The number of para-hydroxylation sites is 2. The molecule has 23 heavy (non-hydrogen) atoms. The lowest BCUT2D eigenvalue weighted by Gasteiger charge is -1.97. The van der Waals surface area contributed by atoms with Crippen molar-refractivity contribution in [1.82, 2.24) is 14.0 Å². The van der Waals surface area contributed by atoms with E-state index in [-0.39, 0.29) is 18.1 Å². The molecular formula is C16H13ClN4O2. The van der Waals surface area contributed by atoms with Crippen molar-refractivity contribution >= 4 is 34.9 Å². The Labute approximate surface area is 137 Å². The van der Waals surface area contributed by atoms with Crippen LogP contribution in [0.25, 0.3) is 28.1 Å². The molecule has 0 aliphatic rings. The first-order chi connectivity index (χ1) is 10.6. The lowest BCUT2D eigenvalue weighted by atomic mass is 10.1. The second kappa shape index (κ2) is 5.40. The van der Waals surface area contributed by atoms with Gasteiger partial charge in [0.2, 0.25) is 5.78 Å². The maximum atomic E-state index is 10.7. The Morgan fingerprint density at radius 1 is 1.04 bits per heavy atom. The molecular weight excluding hydrogens is 316 g/mol. The molecule has 2 aromatic heterocycles. The summed E-state index contributed by atoms with van der Waals surface area (Å²) in [4.78, 5) is 15.0. The summed E-state index contributed by atoms with van der Waals surface area (Å²) in [6.45, 7) is 0. The Kier molecular flexibility index (Phi) is 3.54. The van der Waals surface area contributed by atoms with Crippen LogP contribution in [-0.2, 0) is 7.05 Å². The molecule has 0 bridgehead atoms. The van der Waals surface area contributed by atoms with Gasteiger partial charge in [-0.15, -0.1) is 12.4 Å². The van der Waals surface area contributed by atoms with Gasteiger partial charge >= 0.3 is 0 Å². The summed E-state index contributed by atoms with van der Waals surface area (Å²) in [6.07, 6.45) is 1.96. The van der Waals surface area contributed by atoms with Crippen LogP contribution in [0.2, 0.25) is 0 Å². The molecule has 0 amide bonds. The number of fused-ring (bicyclic) bond motifs is 3. The number of halogens is 1. The second-order valence-electron chi connectivity index (χ2n) is 5.15. The van der Waals surface area contributed by atoms with E-state index in [9.17, 15) is 10.1 Å². The standard InChI is InChI=1S/C16H12N4O2.ClH/c1-18-14-4-2-3-5-15(14)19-10-13(17-16(18)19)11-6-8-12(9-7-11)20(21)22;/h2-10H,1H3;1H. The van der Waals surface area contributed by atoms with Gasteiger partial charge in [-0.3, -0.25) is 14.5 Å². The van der Waals surface area contributed by atoms with Crippen LogP contribution in [0, 0.1) is 10.1 Å². The molecule has 6 nitrogen and oxygen atoms in total. The third-order valence-electron chi connectivity index (χ3n) is 3.86.